The smallest absolute Gasteiger partial charge is 0.545 e. The summed E-state index contributed by atoms with van der Waals surface area (Å²) in [5.74, 6) is -4.15. The molecule has 0 aliphatic rings. The van der Waals surface area contributed by atoms with Gasteiger partial charge in [-0.05, 0) is 12.5 Å². The molecule has 0 amide bonds. The molecule has 0 atom stereocenters. The van der Waals surface area contributed by atoms with E-state index in [1.165, 1.54) is 70.6 Å². The molecule has 0 saturated carbocycles. The van der Waals surface area contributed by atoms with Crippen LogP contribution in [0.2, 0.25) is 0 Å². The van der Waals surface area contributed by atoms with E-state index in [9.17, 15) is 24.6 Å². The number of ketones is 1. The Hall–Kier alpha value is -0.390. The summed E-state index contributed by atoms with van der Waals surface area (Å²) in [7, 11) is 0. The summed E-state index contributed by atoms with van der Waals surface area (Å²) in [5.41, 5.74) is -0.805. The fraction of sp³-hybridized carbons (Fsp3) is 0.773. The van der Waals surface area contributed by atoms with Gasteiger partial charge in [-0.2, -0.15) is 0 Å². The number of carbonyl (C=O) groups is 3. The Morgan fingerprint density at radius 1 is 0.643 bits per heavy atom. The number of carboxylic acids is 2. The number of carboxylic acid groups (broad SMARTS) is 2. The fourth-order valence-corrected chi connectivity index (χ4v) is 3.16. The third kappa shape index (κ3) is 18.9. The van der Waals surface area contributed by atoms with Crippen molar-refractivity contribution in [2.24, 2.45) is 0 Å². The van der Waals surface area contributed by atoms with Gasteiger partial charge in [0.2, 0.25) is 0 Å². The number of hydrogen-bond donors (Lipinski definition) is 0. The summed E-state index contributed by atoms with van der Waals surface area (Å²) >= 11 is 0. The molecule has 0 heterocycles. The third-order valence-corrected chi connectivity index (χ3v) is 4.79. The number of aliphatic carboxylic acids is 2. The van der Waals surface area contributed by atoms with Crippen LogP contribution in [0.25, 0.3) is 0 Å². The van der Waals surface area contributed by atoms with Gasteiger partial charge < -0.3 is 19.8 Å². The van der Waals surface area contributed by atoms with Gasteiger partial charge in [0.1, 0.15) is 0 Å². The first-order valence-corrected chi connectivity index (χ1v) is 10.7. The minimum atomic E-state index is -1.76. The van der Waals surface area contributed by atoms with E-state index in [2.05, 4.69) is 6.92 Å². The van der Waals surface area contributed by atoms with Crippen molar-refractivity contribution in [2.45, 2.75) is 110 Å². The van der Waals surface area contributed by atoms with Crippen LogP contribution in [0.5, 0.6) is 0 Å². The molecule has 156 valence electrons. The molecule has 0 aromatic heterocycles. The normalized spacial score (nSPS) is 11.1. The standard InChI is InChI=1S/C22H38O5.Ca/c1-2-3-4-5-6-7-8-9-10-11-12-13-14-15-16-17-20(23)19(22(26)27)18-21(24)25;/h18H,2-17H2,1H3,(H,24,25)(H,26,27);/q;+2/p-2/b19-18+;. The topological polar surface area (TPSA) is 97.3 Å². The van der Waals surface area contributed by atoms with Crippen LogP contribution in [0, 0.1) is 0 Å². The number of unbranched alkanes of at least 4 members (excludes halogenated alkanes) is 14. The Labute approximate surface area is 200 Å². The molecule has 5 nitrogen and oxygen atoms in total. The van der Waals surface area contributed by atoms with Crippen LogP contribution in [0.1, 0.15) is 110 Å². The summed E-state index contributed by atoms with van der Waals surface area (Å²) in [6.07, 6.45) is 18.4. The Balaban J connectivity index is 0. The first kappa shape index (κ1) is 29.8. The predicted octanol–water partition coefficient (Wildman–Crippen LogP) is 2.86. The quantitative estimate of drug-likeness (QED) is 0.105. The van der Waals surface area contributed by atoms with Gasteiger partial charge in [0.05, 0.1) is 11.9 Å². The molecule has 0 radical (unpaired) electrons. The van der Waals surface area contributed by atoms with Crippen LogP contribution >= 0.6 is 0 Å². The van der Waals surface area contributed by atoms with Crippen molar-refractivity contribution in [1.29, 1.82) is 0 Å². The Kier molecular flexibility index (Phi) is 22.7. The van der Waals surface area contributed by atoms with Gasteiger partial charge in [0, 0.05) is 12.0 Å². The van der Waals surface area contributed by atoms with Crippen LogP contribution in [-0.2, 0) is 14.4 Å². The maximum Gasteiger partial charge on any atom is 2.00 e. The first-order valence-electron chi connectivity index (χ1n) is 10.7. The van der Waals surface area contributed by atoms with Crippen molar-refractivity contribution in [3.63, 3.8) is 0 Å². The molecule has 6 heteroatoms. The molecule has 0 aromatic rings. The summed E-state index contributed by atoms with van der Waals surface area (Å²) in [4.78, 5) is 32.8. The minimum absolute atomic E-state index is 0. The molecule has 28 heavy (non-hydrogen) atoms. The van der Waals surface area contributed by atoms with Crippen LogP contribution in [0.15, 0.2) is 11.6 Å². The van der Waals surface area contributed by atoms with E-state index in [4.69, 9.17) is 0 Å². The molecule has 0 saturated heterocycles. The summed E-state index contributed by atoms with van der Waals surface area (Å²) < 4.78 is 0. The average Bonchev–Trinajstić information content (AvgIpc) is 2.62. The molecule has 0 spiro atoms. The molecule has 0 aromatic carbocycles. The van der Waals surface area contributed by atoms with Gasteiger partial charge in [-0.15, -0.1) is 0 Å². The van der Waals surface area contributed by atoms with Gasteiger partial charge in [-0.1, -0.05) is 96.8 Å². The molecule has 0 bridgehead atoms. The van der Waals surface area contributed by atoms with E-state index >= 15 is 0 Å². The van der Waals surface area contributed by atoms with Crippen molar-refractivity contribution in [1.82, 2.24) is 0 Å². The van der Waals surface area contributed by atoms with E-state index < -0.39 is 23.3 Å². The van der Waals surface area contributed by atoms with Crippen LogP contribution in [-0.4, -0.2) is 55.5 Å². The van der Waals surface area contributed by atoms with Crippen LogP contribution in [0.3, 0.4) is 0 Å². The monoisotopic (exact) mass is 420 g/mol. The molecule has 0 rings (SSSR count). The molecular formula is C22H36CaO5. The second kappa shape index (κ2) is 21.3. The van der Waals surface area contributed by atoms with E-state index in [1.54, 1.807) is 0 Å². The minimum Gasteiger partial charge on any atom is -0.545 e. The zero-order valence-electron chi connectivity index (χ0n) is 17.6. The SMILES string of the molecule is CCCCCCCCCCCCCCCCCC(=O)/C(=C\C(=O)[O-])C(=O)[O-].[Ca+2]. The van der Waals surface area contributed by atoms with Gasteiger partial charge >= 0.3 is 37.7 Å². The van der Waals surface area contributed by atoms with Crippen LogP contribution < -0.4 is 10.2 Å². The van der Waals surface area contributed by atoms with Gasteiger partial charge in [0.15, 0.2) is 5.78 Å². The van der Waals surface area contributed by atoms with Gasteiger partial charge in [0.25, 0.3) is 0 Å². The van der Waals surface area contributed by atoms with Crippen molar-refractivity contribution in [3.8, 4) is 0 Å². The zero-order valence-corrected chi connectivity index (χ0v) is 19.8. The number of hydrogen-bond acceptors (Lipinski definition) is 5. The summed E-state index contributed by atoms with van der Waals surface area (Å²) in [6.45, 7) is 2.24. The van der Waals surface area contributed by atoms with E-state index in [0.717, 1.165) is 19.3 Å². The summed E-state index contributed by atoms with van der Waals surface area (Å²) in [5, 5.41) is 21.1. The largest absolute Gasteiger partial charge is 2.00 e. The maximum atomic E-state index is 11.7. The molecule has 0 fully saturated rings. The van der Waals surface area contributed by atoms with Crippen molar-refractivity contribution in [3.05, 3.63) is 11.6 Å². The third-order valence-electron chi connectivity index (χ3n) is 4.79. The fourth-order valence-electron chi connectivity index (χ4n) is 3.16. The van der Waals surface area contributed by atoms with Gasteiger partial charge in [-0.3, -0.25) is 4.79 Å². The number of rotatable bonds is 19. The second-order valence-corrected chi connectivity index (χ2v) is 7.29. The zero-order chi connectivity index (χ0) is 20.3. The first-order chi connectivity index (χ1) is 13.0. The van der Waals surface area contributed by atoms with Crippen molar-refractivity contribution in [2.75, 3.05) is 0 Å². The number of Topliss-reactive ketones (excluding diaryl/α,β-unsaturated/α-hetero) is 1. The Morgan fingerprint density at radius 2 is 1.00 bits per heavy atom. The van der Waals surface area contributed by atoms with E-state index in [-0.39, 0.29) is 44.2 Å². The molecular weight excluding hydrogens is 384 g/mol. The molecule has 0 N–H and O–H groups in total. The van der Waals surface area contributed by atoms with Gasteiger partial charge in [-0.25, -0.2) is 0 Å². The molecule has 0 unspecified atom stereocenters. The predicted molar refractivity (Wildman–Crippen MR) is 108 cm³/mol. The number of carbonyl (C=O) groups excluding carboxylic acids is 3. The van der Waals surface area contributed by atoms with Crippen LogP contribution in [0.4, 0.5) is 0 Å². The summed E-state index contributed by atoms with van der Waals surface area (Å²) in [6, 6.07) is 0. The maximum absolute atomic E-state index is 11.7. The van der Waals surface area contributed by atoms with E-state index in [0.29, 0.717) is 12.5 Å². The van der Waals surface area contributed by atoms with Crippen molar-refractivity contribution >= 4 is 55.5 Å². The van der Waals surface area contributed by atoms with Crippen molar-refractivity contribution < 1.29 is 24.6 Å². The van der Waals surface area contributed by atoms with E-state index in [1.807, 2.05) is 0 Å². The average molecular weight is 421 g/mol. The Morgan fingerprint density at radius 3 is 1.32 bits per heavy atom. The second-order valence-electron chi connectivity index (χ2n) is 7.29. The molecule has 0 aliphatic heterocycles. The molecule has 0 aliphatic carbocycles. The Bertz CT molecular complexity index is 460.